The lowest BCUT2D eigenvalue weighted by molar-refractivity contribution is -0.941. The lowest BCUT2D eigenvalue weighted by atomic mass is 10.0. The molecule has 2 aromatic heterocycles. The topological polar surface area (TPSA) is 36.4 Å². The van der Waals surface area contributed by atoms with Crippen LogP contribution in [0, 0.1) is 4.77 Å². The number of rotatable bonds is 7. The molecule has 0 amide bonds. The summed E-state index contributed by atoms with van der Waals surface area (Å²) in [5.41, 5.74) is 1.37. The van der Waals surface area contributed by atoms with E-state index in [0.717, 1.165) is 36.1 Å². The van der Waals surface area contributed by atoms with Crippen LogP contribution in [0.25, 0.3) is 10.7 Å². The van der Waals surface area contributed by atoms with Gasteiger partial charge in [0.25, 0.3) is 0 Å². The first kappa shape index (κ1) is 19.4. The molecule has 2 atom stereocenters. The highest BCUT2D eigenvalue weighted by Crippen LogP contribution is 2.24. The summed E-state index contributed by atoms with van der Waals surface area (Å²) in [7, 11) is 0. The molecule has 148 valence electrons. The summed E-state index contributed by atoms with van der Waals surface area (Å²) in [5.74, 6) is 1.93. The van der Waals surface area contributed by atoms with Crippen molar-refractivity contribution >= 4 is 23.6 Å². The second-order valence-electron chi connectivity index (χ2n) is 7.09. The molecule has 0 radical (unpaired) electrons. The molecule has 1 aliphatic heterocycles. The van der Waals surface area contributed by atoms with Gasteiger partial charge in [0.2, 0.25) is 4.77 Å². The van der Waals surface area contributed by atoms with E-state index in [1.807, 2.05) is 11.6 Å². The molecule has 3 aromatic rings. The van der Waals surface area contributed by atoms with Gasteiger partial charge in [0.05, 0.1) is 18.0 Å². The Morgan fingerprint density at radius 1 is 1.25 bits per heavy atom. The van der Waals surface area contributed by atoms with Gasteiger partial charge in [-0.2, -0.15) is 4.68 Å². The quantitative estimate of drug-likeness (QED) is 0.594. The van der Waals surface area contributed by atoms with Crippen LogP contribution in [0.4, 0.5) is 0 Å². The van der Waals surface area contributed by atoms with E-state index >= 15 is 0 Å². The third kappa shape index (κ3) is 3.79. The van der Waals surface area contributed by atoms with Gasteiger partial charge >= 0.3 is 0 Å². The Hall–Kier alpha value is -1.96. The maximum absolute atomic E-state index is 5.76. The highest BCUT2D eigenvalue weighted by Gasteiger charge is 2.31. The average molecular weight is 416 g/mol. The monoisotopic (exact) mass is 415 g/mol. The van der Waals surface area contributed by atoms with Crippen molar-refractivity contribution in [2.45, 2.75) is 45.9 Å². The lowest BCUT2D eigenvalue weighted by Gasteiger charge is -2.21. The Balaban J connectivity index is 1.57. The molecule has 1 unspecified atom stereocenters. The zero-order valence-electron chi connectivity index (χ0n) is 16.4. The number of ether oxygens (including phenoxy) is 1. The smallest absolute Gasteiger partial charge is 0.203 e. The van der Waals surface area contributed by atoms with E-state index in [1.165, 1.54) is 28.2 Å². The van der Waals surface area contributed by atoms with E-state index in [0.29, 0.717) is 12.6 Å². The number of likely N-dealkylation sites (tertiary alicyclic amines) is 1. The Kier molecular flexibility index (Phi) is 5.94. The largest absolute Gasteiger partial charge is 0.494 e. The van der Waals surface area contributed by atoms with Crippen molar-refractivity contribution in [3.63, 3.8) is 0 Å². The highest BCUT2D eigenvalue weighted by molar-refractivity contribution is 7.71. The average Bonchev–Trinajstić information content (AvgIpc) is 3.44. The number of benzene rings is 1. The first-order valence-electron chi connectivity index (χ1n) is 10.00. The molecule has 28 heavy (non-hydrogen) atoms. The summed E-state index contributed by atoms with van der Waals surface area (Å²) < 4.78 is 10.6. The molecule has 1 aliphatic rings. The molecule has 0 saturated carbocycles. The van der Waals surface area contributed by atoms with Crippen LogP contribution in [0.1, 0.15) is 38.3 Å². The summed E-state index contributed by atoms with van der Waals surface area (Å²) in [6.07, 6.45) is 2.43. The van der Waals surface area contributed by atoms with Crippen molar-refractivity contribution < 1.29 is 9.64 Å². The van der Waals surface area contributed by atoms with Gasteiger partial charge < -0.3 is 9.64 Å². The Bertz CT molecular complexity index is 959. The molecular formula is C21H27N4OS2+. The van der Waals surface area contributed by atoms with Crippen molar-refractivity contribution in [1.82, 2.24) is 14.3 Å². The van der Waals surface area contributed by atoms with E-state index in [2.05, 4.69) is 53.3 Å². The van der Waals surface area contributed by atoms with Gasteiger partial charge in [-0.1, -0.05) is 6.07 Å². The van der Waals surface area contributed by atoms with E-state index in [9.17, 15) is 0 Å². The molecule has 5 nitrogen and oxygen atoms in total. The second-order valence-corrected chi connectivity index (χ2v) is 8.40. The summed E-state index contributed by atoms with van der Waals surface area (Å²) in [6.45, 7) is 7.63. The minimum absolute atomic E-state index is 0.481. The Morgan fingerprint density at radius 2 is 2.07 bits per heavy atom. The third-order valence-corrected chi connectivity index (χ3v) is 6.71. The molecule has 0 spiro atoms. The summed E-state index contributed by atoms with van der Waals surface area (Å²) in [6, 6.07) is 13.3. The van der Waals surface area contributed by atoms with Gasteiger partial charge in [0.1, 0.15) is 11.8 Å². The van der Waals surface area contributed by atoms with Crippen LogP contribution in [0.5, 0.6) is 5.75 Å². The predicted octanol–water partition coefficient (Wildman–Crippen LogP) is 3.94. The zero-order chi connectivity index (χ0) is 19.5. The molecule has 0 aliphatic carbocycles. The van der Waals surface area contributed by atoms with Crippen LogP contribution >= 0.6 is 23.6 Å². The number of quaternary nitrogens is 1. The van der Waals surface area contributed by atoms with Gasteiger partial charge in [-0.05, 0) is 61.8 Å². The fourth-order valence-electron chi connectivity index (χ4n) is 4.08. The van der Waals surface area contributed by atoms with Crippen LogP contribution in [-0.4, -0.2) is 27.5 Å². The molecule has 4 rings (SSSR count). The number of hydrogen-bond donors (Lipinski definition) is 1. The summed E-state index contributed by atoms with van der Waals surface area (Å²) in [4.78, 5) is 2.70. The van der Waals surface area contributed by atoms with Crippen LogP contribution < -0.4 is 9.64 Å². The van der Waals surface area contributed by atoms with Gasteiger partial charge in [0, 0.05) is 24.9 Å². The maximum atomic E-state index is 5.76. The third-order valence-electron chi connectivity index (χ3n) is 5.41. The number of thiophene rings is 1. The standard InChI is InChI=1S/C21H26N4OS2/c1-3-24-20(19-8-6-14-28-19)22-25(21(24)27)15-23-13-5-7-18(23)16-9-11-17(12-10-16)26-4-2/h6,8-12,14,18H,3-5,7,13,15H2,1-2H3/p+1/t18-/m0/s1. The van der Waals surface area contributed by atoms with Crippen LogP contribution in [0.3, 0.4) is 0 Å². The predicted molar refractivity (Wildman–Crippen MR) is 115 cm³/mol. The molecule has 7 heteroatoms. The maximum Gasteiger partial charge on any atom is 0.203 e. The van der Waals surface area contributed by atoms with Gasteiger partial charge in [-0.3, -0.25) is 4.57 Å². The van der Waals surface area contributed by atoms with Crippen LogP contribution in [0.2, 0.25) is 0 Å². The van der Waals surface area contributed by atoms with Crippen molar-refractivity contribution in [1.29, 1.82) is 0 Å². The van der Waals surface area contributed by atoms with Crippen molar-refractivity contribution in [3.05, 3.63) is 52.1 Å². The van der Waals surface area contributed by atoms with Gasteiger partial charge in [0.15, 0.2) is 12.5 Å². The molecule has 3 heterocycles. The molecule has 1 saturated heterocycles. The van der Waals surface area contributed by atoms with Crippen molar-refractivity contribution in [2.75, 3.05) is 13.2 Å². The normalized spacial score (nSPS) is 19.2. The lowest BCUT2D eigenvalue weighted by Crippen LogP contribution is -3.09. The van der Waals surface area contributed by atoms with Crippen molar-refractivity contribution in [2.24, 2.45) is 0 Å². The Morgan fingerprint density at radius 3 is 2.75 bits per heavy atom. The molecular weight excluding hydrogens is 388 g/mol. The zero-order valence-corrected chi connectivity index (χ0v) is 18.1. The van der Waals surface area contributed by atoms with E-state index in [-0.39, 0.29) is 0 Å². The second kappa shape index (κ2) is 8.59. The van der Waals surface area contributed by atoms with E-state index in [4.69, 9.17) is 22.1 Å². The fraction of sp³-hybridized carbons (Fsp3) is 0.429. The Labute approximate surface area is 175 Å². The molecule has 1 N–H and O–H groups in total. The van der Waals surface area contributed by atoms with E-state index < -0.39 is 0 Å². The van der Waals surface area contributed by atoms with Crippen LogP contribution in [0.15, 0.2) is 41.8 Å². The number of nitrogens with zero attached hydrogens (tertiary/aromatic N) is 3. The minimum Gasteiger partial charge on any atom is -0.494 e. The van der Waals surface area contributed by atoms with Crippen molar-refractivity contribution in [3.8, 4) is 16.5 Å². The fourth-order valence-corrected chi connectivity index (χ4v) is 5.11. The molecule has 1 fully saturated rings. The SMILES string of the molecule is CCOc1ccc([C@@H]2CCC[NH+]2Cn2nc(-c3cccs3)n(CC)c2=S)cc1. The van der Waals surface area contributed by atoms with Crippen LogP contribution in [-0.2, 0) is 13.2 Å². The number of aromatic nitrogens is 3. The van der Waals surface area contributed by atoms with E-state index in [1.54, 1.807) is 11.3 Å². The first-order valence-corrected chi connectivity index (χ1v) is 11.3. The summed E-state index contributed by atoms with van der Waals surface area (Å²) >= 11 is 7.47. The van der Waals surface area contributed by atoms with Gasteiger partial charge in [-0.25, -0.2) is 0 Å². The molecule has 1 aromatic carbocycles. The highest BCUT2D eigenvalue weighted by atomic mass is 32.1. The summed E-state index contributed by atoms with van der Waals surface area (Å²) in [5, 5.41) is 6.99. The molecule has 0 bridgehead atoms. The minimum atomic E-state index is 0.481. The number of nitrogens with one attached hydrogen (secondary N) is 1. The first-order chi connectivity index (χ1) is 13.7. The van der Waals surface area contributed by atoms with Gasteiger partial charge in [-0.15, -0.1) is 16.4 Å². The number of hydrogen-bond acceptors (Lipinski definition) is 4.